The lowest BCUT2D eigenvalue weighted by Crippen LogP contribution is -1.93. The molecule has 0 fully saturated rings. The van der Waals surface area contributed by atoms with Crippen molar-refractivity contribution in [3.8, 4) is 39.5 Å². The molecule has 0 aliphatic heterocycles. The zero-order valence-electron chi connectivity index (χ0n) is 21.2. The summed E-state index contributed by atoms with van der Waals surface area (Å²) in [5.41, 5.74) is 4.10. The van der Waals surface area contributed by atoms with Crippen molar-refractivity contribution in [2.24, 2.45) is 0 Å². The predicted octanol–water partition coefficient (Wildman–Crippen LogP) is 9.50. The van der Waals surface area contributed by atoms with Gasteiger partial charge in [-0.15, -0.1) is 0 Å². The highest BCUT2D eigenvalue weighted by atomic mass is 16.4. The highest BCUT2D eigenvalue weighted by molar-refractivity contribution is 6.28. The summed E-state index contributed by atoms with van der Waals surface area (Å²) in [7, 11) is 0. The highest BCUT2D eigenvalue weighted by Gasteiger charge is 2.28. The number of phenols is 3. The van der Waals surface area contributed by atoms with Gasteiger partial charge in [-0.1, -0.05) is 109 Å². The number of benzene rings is 7. The Morgan fingerprint density at radius 3 is 1.60 bits per heavy atom. The van der Waals surface area contributed by atoms with E-state index in [4.69, 9.17) is 4.42 Å². The van der Waals surface area contributed by atoms with Crippen molar-refractivity contribution in [2.75, 3.05) is 0 Å². The number of hydrogen-bond donors (Lipinski definition) is 3. The molecule has 0 spiro atoms. The number of furan rings is 1. The van der Waals surface area contributed by atoms with Gasteiger partial charge >= 0.3 is 0 Å². The molecule has 0 bridgehead atoms. The van der Waals surface area contributed by atoms with Crippen LogP contribution < -0.4 is 0 Å². The Labute approximate surface area is 228 Å². The molecular weight excluding hydrogens is 496 g/mol. The molecule has 0 amide bonds. The highest BCUT2D eigenvalue weighted by Crippen LogP contribution is 2.55. The van der Waals surface area contributed by atoms with Crippen LogP contribution in [-0.4, -0.2) is 15.3 Å². The minimum absolute atomic E-state index is 0.137. The van der Waals surface area contributed by atoms with Gasteiger partial charge in [-0.2, -0.15) is 0 Å². The summed E-state index contributed by atoms with van der Waals surface area (Å²) in [6.07, 6.45) is 0. The van der Waals surface area contributed by atoms with Gasteiger partial charge in [0.05, 0.1) is 0 Å². The van der Waals surface area contributed by atoms with E-state index in [1.54, 1.807) is 0 Å². The second-order valence-corrected chi connectivity index (χ2v) is 10.1. The molecule has 0 aliphatic rings. The zero-order valence-corrected chi connectivity index (χ0v) is 21.2. The van der Waals surface area contributed by atoms with E-state index < -0.39 is 11.5 Å². The quantitative estimate of drug-likeness (QED) is 0.157. The Morgan fingerprint density at radius 2 is 0.925 bits per heavy atom. The Kier molecular flexibility index (Phi) is 4.64. The maximum atomic E-state index is 11.5. The molecule has 8 aromatic rings. The molecular formula is C36H22O4. The molecule has 0 atom stereocenters. The van der Waals surface area contributed by atoms with Crippen LogP contribution in [-0.2, 0) is 0 Å². The average molecular weight is 519 g/mol. The van der Waals surface area contributed by atoms with Gasteiger partial charge in [0.2, 0.25) is 11.5 Å². The van der Waals surface area contributed by atoms with Crippen LogP contribution in [0.4, 0.5) is 0 Å². The number of para-hydroxylation sites is 1. The summed E-state index contributed by atoms with van der Waals surface area (Å²) in [5.74, 6) is -1.47. The van der Waals surface area contributed by atoms with Crippen molar-refractivity contribution in [1.82, 2.24) is 0 Å². The summed E-state index contributed by atoms with van der Waals surface area (Å²) in [6, 6.07) is 38.5. The van der Waals surface area contributed by atoms with Crippen LogP contribution >= 0.6 is 0 Å². The molecule has 0 unspecified atom stereocenters. The third kappa shape index (κ3) is 2.96. The van der Waals surface area contributed by atoms with Gasteiger partial charge in [-0.3, -0.25) is 0 Å². The van der Waals surface area contributed by atoms with Crippen LogP contribution in [0.2, 0.25) is 0 Å². The van der Waals surface area contributed by atoms with Crippen LogP contribution in [0.1, 0.15) is 0 Å². The lowest BCUT2D eigenvalue weighted by molar-refractivity contribution is 0.368. The minimum Gasteiger partial charge on any atom is -0.504 e. The Balaban J connectivity index is 1.63. The molecule has 4 heteroatoms. The van der Waals surface area contributed by atoms with E-state index in [9.17, 15) is 15.3 Å². The molecule has 7 aromatic carbocycles. The molecule has 0 saturated heterocycles. The molecule has 4 nitrogen and oxygen atoms in total. The fourth-order valence-corrected chi connectivity index (χ4v) is 6.29. The molecule has 1 aromatic heterocycles. The molecule has 1 heterocycles. The van der Waals surface area contributed by atoms with Crippen LogP contribution in [0.25, 0.3) is 76.5 Å². The third-order valence-corrected chi connectivity index (χ3v) is 7.99. The lowest BCUT2D eigenvalue weighted by Gasteiger charge is -2.20. The molecule has 0 radical (unpaired) electrons. The molecule has 3 N–H and O–H groups in total. The zero-order chi connectivity index (χ0) is 27.0. The first-order valence-corrected chi connectivity index (χ1v) is 13.1. The standard InChI is InChI=1S/C36H22O4/c37-33-32(31-27-17-7-8-19-28(27)40-36(31)35(39)34(33)38)30-25-15-5-3-13-23(25)29(24-14-4-6-16-26(24)30)22-18-9-11-20-10-1-2-12-21(20)22/h1-19,37-39H. The van der Waals surface area contributed by atoms with E-state index in [0.29, 0.717) is 16.5 Å². The largest absolute Gasteiger partial charge is 0.504 e. The maximum Gasteiger partial charge on any atom is 0.205 e. The summed E-state index contributed by atoms with van der Waals surface area (Å²) < 4.78 is 6.03. The van der Waals surface area contributed by atoms with Gasteiger partial charge in [0, 0.05) is 21.9 Å². The smallest absolute Gasteiger partial charge is 0.205 e. The fraction of sp³-hybridized carbons (Fsp3) is 0. The molecule has 0 saturated carbocycles. The Hall–Kier alpha value is -5.48. The Bertz CT molecular complexity index is 2250. The molecule has 190 valence electrons. The summed E-state index contributed by atoms with van der Waals surface area (Å²) >= 11 is 0. The second kappa shape index (κ2) is 8.26. The van der Waals surface area contributed by atoms with E-state index >= 15 is 0 Å². The van der Waals surface area contributed by atoms with Crippen LogP contribution in [0.5, 0.6) is 17.2 Å². The van der Waals surface area contributed by atoms with Gasteiger partial charge < -0.3 is 19.7 Å². The number of aromatic hydroxyl groups is 3. The molecule has 0 aliphatic carbocycles. The van der Waals surface area contributed by atoms with E-state index in [1.165, 1.54) is 0 Å². The Morgan fingerprint density at radius 1 is 0.400 bits per heavy atom. The molecule has 40 heavy (non-hydrogen) atoms. The number of fused-ring (bicyclic) bond motifs is 6. The van der Waals surface area contributed by atoms with Gasteiger partial charge in [0.25, 0.3) is 0 Å². The van der Waals surface area contributed by atoms with Gasteiger partial charge in [0.15, 0.2) is 11.3 Å². The van der Waals surface area contributed by atoms with Crippen molar-refractivity contribution in [3.05, 3.63) is 115 Å². The first-order valence-electron chi connectivity index (χ1n) is 13.1. The van der Waals surface area contributed by atoms with Crippen molar-refractivity contribution >= 4 is 54.3 Å². The van der Waals surface area contributed by atoms with E-state index in [1.807, 2.05) is 66.7 Å². The van der Waals surface area contributed by atoms with E-state index in [2.05, 4.69) is 48.5 Å². The van der Waals surface area contributed by atoms with Crippen molar-refractivity contribution in [1.29, 1.82) is 0 Å². The van der Waals surface area contributed by atoms with Crippen LogP contribution in [0.3, 0.4) is 0 Å². The lowest BCUT2D eigenvalue weighted by atomic mass is 9.83. The second-order valence-electron chi connectivity index (χ2n) is 10.1. The SMILES string of the molecule is Oc1c(O)c(-c2c3ccccc3c(-c3cccc4ccccc34)c3ccccc23)c2c(oc3ccccc32)c1O. The van der Waals surface area contributed by atoms with E-state index in [0.717, 1.165) is 54.4 Å². The number of phenolic OH excluding ortho intramolecular Hbond substituents is 3. The van der Waals surface area contributed by atoms with Crippen molar-refractivity contribution in [2.45, 2.75) is 0 Å². The van der Waals surface area contributed by atoms with Gasteiger partial charge in [-0.25, -0.2) is 0 Å². The first kappa shape index (κ1) is 22.5. The monoisotopic (exact) mass is 518 g/mol. The number of rotatable bonds is 2. The van der Waals surface area contributed by atoms with Gasteiger partial charge in [-0.05, 0) is 49.5 Å². The summed E-state index contributed by atoms with van der Waals surface area (Å²) in [6.45, 7) is 0. The van der Waals surface area contributed by atoms with E-state index in [-0.39, 0.29) is 11.3 Å². The summed E-state index contributed by atoms with van der Waals surface area (Å²) in [4.78, 5) is 0. The predicted molar refractivity (Wildman–Crippen MR) is 162 cm³/mol. The minimum atomic E-state index is -0.604. The summed E-state index contributed by atoms with van der Waals surface area (Å²) in [5, 5.41) is 40.7. The average Bonchev–Trinajstić information content (AvgIpc) is 3.39. The third-order valence-electron chi connectivity index (χ3n) is 7.99. The van der Waals surface area contributed by atoms with Crippen molar-refractivity contribution in [3.63, 3.8) is 0 Å². The fourth-order valence-electron chi connectivity index (χ4n) is 6.29. The number of hydrogen-bond acceptors (Lipinski definition) is 4. The molecule has 8 rings (SSSR count). The normalized spacial score (nSPS) is 11.8. The first-order chi connectivity index (χ1) is 19.6. The van der Waals surface area contributed by atoms with Crippen LogP contribution in [0, 0.1) is 0 Å². The maximum absolute atomic E-state index is 11.5. The topological polar surface area (TPSA) is 73.8 Å². The van der Waals surface area contributed by atoms with Crippen LogP contribution in [0.15, 0.2) is 120 Å². The van der Waals surface area contributed by atoms with Gasteiger partial charge in [0.1, 0.15) is 5.58 Å². The van der Waals surface area contributed by atoms with Crippen molar-refractivity contribution < 1.29 is 19.7 Å².